The maximum Gasteiger partial charge on any atom is 0.232 e. The van der Waals surface area contributed by atoms with Crippen LogP contribution in [0.2, 0.25) is 0 Å². The van der Waals surface area contributed by atoms with Gasteiger partial charge in [0.1, 0.15) is 0 Å². The first kappa shape index (κ1) is 11.4. The van der Waals surface area contributed by atoms with E-state index in [2.05, 4.69) is 32.8 Å². The summed E-state index contributed by atoms with van der Waals surface area (Å²) in [6.07, 6.45) is 6.63. The van der Waals surface area contributed by atoms with E-state index in [1.807, 2.05) is 0 Å². The van der Waals surface area contributed by atoms with Crippen LogP contribution in [-0.2, 0) is 6.42 Å². The second-order valence-corrected chi connectivity index (χ2v) is 4.44. The Hall–Kier alpha value is -0.640. The van der Waals surface area contributed by atoms with Gasteiger partial charge in [-0.25, -0.2) is 4.98 Å². The van der Waals surface area contributed by atoms with Crippen molar-refractivity contribution in [1.29, 1.82) is 0 Å². The van der Waals surface area contributed by atoms with Crippen LogP contribution in [0.25, 0.3) is 0 Å². The molecule has 1 heterocycles. The number of nitrogens with zero attached hydrogens (tertiary/aromatic N) is 2. The molecule has 3 nitrogen and oxygen atoms in total. The van der Waals surface area contributed by atoms with Crippen molar-refractivity contribution in [3.63, 3.8) is 0 Å². The van der Waals surface area contributed by atoms with Crippen molar-refractivity contribution in [1.82, 2.24) is 9.97 Å². The lowest BCUT2D eigenvalue weighted by Gasteiger charge is -2.07. The van der Waals surface area contributed by atoms with Crippen molar-refractivity contribution in [3.8, 4) is 5.88 Å². The fourth-order valence-electron chi connectivity index (χ4n) is 1.23. The molecule has 0 spiro atoms. The van der Waals surface area contributed by atoms with Gasteiger partial charge in [-0.3, -0.25) is 4.98 Å². The quantitative estimate of drug-likeness (QED) is 0.762. The molecule has 0 radical (unpaired) electrons. The molecule has 1 rings (SSSR count). The Kier molecular flexibility index (Phi) is 4.87. The van der Waals surface area contributed by atoms with E-state index in [-0.39, 0.29) is 0 Å². The summed E-state index contributed by atoms with van der Waals surface area (Å²) in [6, 6.07) is 0. The molecular formula is C10H15BrN2O. The van der Waals surface area contributed by atoms with E-state index >= 15 is 0 Å². The van der Waals surface area contributed by atoms with Gasteiger partial charge < -0.3 is 4.74 Å². The largest absolute Gasteiger partial charge is 0.480 e. The van der Waals surface area contributed by atoms with Crippen LogP contribution in [0, 0.1) is 0 Å². The van der Waals surface area contributed by atoms with Crippen molar-refractivity contribution in [2.45, 2.75) is 31.0 Å². The number of ether oxygens (including phenoxy) is 1. The van der Waals surface area contributed by atoms with Gasteiger partial charge in [0.05, 0.1) is 19.0 Å². The molecular weight excluding hydrogens is 244 g/mol. The molecule has 0 aromatic carbocycles. The molecule has 0 fully saturated rings. The van der Waals surface area contributed by atoms with Crippen molar-refractivity contribution in [2.75, 3.05) is 7.11 Å². The van der Waals surface area contributed by atoms with Crippen LogP contribution in [0.3, 0.4) is 0 Å². The molecule has 1 unspecified atom stereocenters. The van der Waals surface area contributed by atoms with Crippen LogP contribution in [0.4, 0.5) is 0 Å². The van der Waals surface area contributed by atoms with E-state index in [1.54, 1.807) is 19.5 Å². The number of halogens is 1. The lowest BCUT2D eigenvalue weighted by atomic mass is 10.2. The van der Waals surface area contributed by atoms with Gasteiger partial charge in [0.25, 0.3) is 0 Å². The molecule has 0 saturated heterocycles. The smallest absolute Gasteiger partial charge is 0.232 e. The number of methoxy groups -OCH3 is 1. The topological polar surface area (TPSA) is 35.0 Å². The number of hydrogen-bond donors (Lipinski definition) is 0. The summed E-state index contributed by atoms with van der Waals surface area (Å²) < 4.78 is 5.01. The summed E-state index contributed by atoms with van der Waals surface area (Å²) in [6.45, 7) is 2.17. The Bertz CT molecular complexity index is 281. The molecule has 0 bridgehead atoms. The van der Waals surface area contributed by atoms with Crippen LogP contribution >= 0.6 is 15.9 Å². The molecule has 14 heavy (non-hydrogen) atoms. The van der Waals surface area contributed by atoms with Gasteiger partial charge in [0, 0.05) is 17.4 Å². The monoisotopic (exact) mass is 258 g/mol. The normalized spacial score (nSPS) is 12.5. The predicted octanol–water partition coefficient (Wildman–Crippen LogP) is 2.59. The summed E-state index contributed by atoms with van der Waals surface area (Å²) in [5.41, 5.74) is 0.972. The number of alkyl halides is 1. The Morgan fingerprint density at radius 3 is 2.93 bits per heavy atom. The van der Waals surface area contributed by atoms with Crippen LogP contribution in [0.5, 0.6) is 5.88 Å². The third kappa shape index (κ3) is 3.62. The van der Waals surface area contributed by atoms with Gasteiger partial charge in [-0.2, -0.15) is 0 Å². The third-order valence-corrected chi connectivity index (χ3v) is 2.69. The molecule has 1 aromatic heterocycles. The molecule has 4 heteroatoms. The minimum atomic E-state index is 0.480. The van der Waals surface area contributed by atoms with Gasteiger partial charge >= 0.3 is 0 Å². The maximum atomic E-state index is 5.01. The Balaban J connectivity index is 2.57. The van der Waals surface area contributed by atoms with Crippen molar-refractivity contribution in [3.05, 3.63) is 18.1 Å². The molecule has 0 aliphatic carbocycles. The van der Waals surface area contributed by atoms with Crippen molar-refractivity contribution < 1.29 is 4.74 Å². The van der Waals surface area contributed by atoms with E-state index in [0.29, 0.717) is 10.7 Å². The van der Waals surface area contributed by atoms with E-state index in [1.165, 1.54) is 6.42 Å². The number of aromatic nitrogens is 2. The zero-order valence-electron chi connectivity index (χ0n) is 8.53. The molecule has 0 amide bonds. The zero-order chi connectivity index (χ0) is 10.4. The van der Waals surface area contributed by atoms with E-state index in [9.17, 15) is 0 Å². The van der Waals surface area contributed by atoms with Gasteiger partial charge in [-0.15, -0.1) is 0 Å². The van der Waals surface area contributed by atoms with Crippen molar-refractivity contribution in [2.24, 2.45) is 0 Å². The SMILES string of the molecule is CCCC(Br)Cc1cncc(OC)n1. The molecule has 1 atom stereocenters. The Morgan fingerprint density at radius 1 is 1.50 bits per heavy atom. The minimum Gasteiger partial charge on any atom is -0.480 e. The standard InChI is InChI=1S/C10H15BrN2O/c1-3-4-8(11)5-9-6-12-7-10(13-9)14-2/h6-8H,3-5H2,1-2H3. The minimum absolute atomic E-state index is 0.480. The highest BCUT2D eigenvalue weighted by molar-refractivity contribution is 9.09. The first-order valence-electron chi connectivity index (χ1n) is 4.75. The number of rotatable bonds is 5. The second kappa shape index (κ2) is 5.96. The van der Waals surface area contributed by atoms with E-state index in [4.69, 9.17) is 4.74 Å². The summed E-state index contributed by atoms with van der Waals surface area (Å²) in [5, 5.41) is 0. The Morgan fingerprint density at radius 2 is 2.29 bits per heavy atom. The molecule has 78 valence electrons. The van der Waals surface area contributed by atoms with E-state index < -0.39 is 0 Å². The van der Waals surface area contributed by atoms with Gasteiger partial charge in [0.15, 0.2) is 0 Å². The van der Waals surface area contributed by atoms with E-state index in [0.717, 1.165) is 18.5 Å². The van der Waals surface area contributed by atoms with Gasteiger partial charge in [-0.05, 0) is 6.42 Å². The third-order valence-electron chi connectivity index (χ3n) is 1.90. The first-order chi connectivity index (χ1) is 6.76. The predicted molar refractivity (Wildman–Crippen MR) is 59.9 cm³/mol. The zero-order valence-corrected chi connectivity index (χ0v) is 10.1. The van der Waals surface area contributed by atoms with Crippen LogP contribution < -0.4 is 4.74 Å². The Labute approximate surface area is 93.0 Å². The average molecular weight is 259 g/mol. The molecule has 1 aromatic rings. The van der Waals surface area contributed by atoms with Crippen LogP contribution in [0.1, 0.15) is 25.5 Å². The van der Waals surface area contributed by atoms with Crippen LogP contribution in [0.15, 0.2) is 12.4 Å². The number of hydrogen-bond acceptors (Lipinski definition) is 3. The lowest BCUT2D eigenvalue weighted by molar-refractivity contribution is 0.393. The van der Waals surface area contributed by atoms with Gasteiger partial charge in [0.2, 0.25) is 5.88 Å². The molecule has 0 N–H and O–H groups in total. The van der Waals surface area contributed by atoms with Gasteiger partial charge in [-0.1, -0.05) is 29.3 Å². The summed E-state index contributed by atoms with van der Waals surface area (Å²) >= 11 is 3.61. The first-order valence-corrected chi connectivity index (χ1v) is 5.66. The fourth-order valence-corrected chi connectivity index (χ4v) is 2.01. The lowest BCUT2D eigenvalue weighted by Crippen LogP contribution is -2.05. The molecule has 0 aliphatic rings. The average Bonchev–Trinajstić information content (AvgIpc) is 2.18. The fraction of sp³-hybridized carbons (Fsp3) is 0.600. The highest BCUT2D eigenvalue weighted by atomic mass is 79.9. The molecule has 0 saturated carbocycles. The summed E-state index contributed by atoms with van der Waals surface area (Å²) in [5.74, 6) is 0.582. The highest BCUT2D eigenvalue weighted by Crippen LogP contribution is 2.14. The maximum absolute atomic E-state index is 5.01. The highest BCUT2D eigenvalue weighted by Gasteiger charge is 2.06. The van der Waals surface area contributed by atoms with Crippen molar-refractivity contribution >= 4 is 15.9 Å². The molecule has 0 aliphatic heterocycles. The van der Waals surface area contributed by atoms with Crippen LogP contribution in [-0.4, -0.2) is 21.9 Å². The summed E-state index contributed by atoms with van der Waals surface area (Å²) in [4.78, 5) is 8.84. The summed E-state index contributed by atoms with van der Waals surface area (Å²) in [7, 11) is 1.60. The second-order valence-electron chi connectivity index (χ2n) is 3.14.